The van der Waals surface area contributed by atoms with Gasteiger partial charge in [0, 0.05) is 50.5 Å². The van der Waals surface area contributed by atoms with E-state index in [0.717, 1.165) is 65.4 Å². The van der Waals surface area contributed by atoms with Gasteiger partial charge in [0.15, 0.2) is 0 Å². The van der Waals surface area contributed by atoms with Crippen molar-refractivity contribution in [2.24, 2.45) is 11.7 Å². The van der Waals surface area contributed by atoms with E-state index < -0.39 is 0 Å². The molecule has 1 fully saturated rings. The fourth-order valence-electron chi connectivity index (χ4n) is 5.15. The fraction of sp³-hybridized carbons (Fsp3) is 0.333. The molecule has 3 N–H and O–H groups in total. The number of pyridine rings is 2. The Hall–Kier alpha value is -3.90. The predicted molar refractivity (Wildman–Crippen MR) is 166 cm³/mol. The summed E-state index contributed by atoms with van der Waals surface area (Å²) in [5.74, 6) is 0.585. The van der Waals surface area contributed by atoms with Crippen LogP contribution >= 0.6 is 0 Å². The first-order chi connectivity index (χ1) is 19.0. The lowest BCUT2D eigenvalue weighted by molar-refractivity contribution is 0.402. The smallest absolute Gasteiger partial charge is 0.137 e. The maximum absolute atomic E-state index is 6.31. The number of rotatable bonds is 7. The highest BCUT2D eigenvalue weighted by Crippen LogP contribution is 2.29. The molecule has 2 unspecified atom stereocenters. The normalized spacial score (nSPS) is 18.1. The number of benzene rings is 1. The van der Waals surface area contributed by atoms with E-state index >= 15 is 0 Å². The SMILES string of the molecule is C=c1cc(-c2ccn3ccnc3c2)cc/c1=C/C=C(\CC)CNc1cnccc1N1CC(C)CC(N)C1.CC. The minimum Gasteiger partial charge on any atom is -0.378 e. The second-order valence-corrected chi connectivity index (χ2v) is 10.1. The van der Waals surface area contributed by atoms with E-state index in [1.165, 1.54) is 11.3 Å². The number of fused-ring (bicyclic) bond motifs is 1. The van der Waals surface area contributed by atoms with Crippen molar-refractivity contribution in [2.75, 3.05) is 29.9 Å². The molecule has 0 bridgehead atoms. The quantitative estimate of drug-likeness (QED) is 0.348. The van der Waals surface area contributed by atoms with Gasteiger partial charge in [0.2, 0.25) is 0 Å². The van der Waals surface area contributed by atoms with Gasteiger partial charge >= 0.3 is 0 Å². The van der Waals surface area contributed by atoms with Gasteiger partial charge in [-0.1, -0.05) is 64.1 Å². The number of nitrogens with one attached hydrogen (secondary N) is 1. The highest BCUT2D eigenvalue weighted by atomic mass is 15.2. The number of hydrogen-bond acceptors (Lipinski definition) is 5. The number of anilines is 2. The Morgan fingerprint density at radius 3 is 2.69 bits per heavy atom. The molecule has 0 amide bonds. The lowest BCUT2D eigenvalue weighted by Crippen LogP contribution is -2.46. The molecule has 1 saturated heterocycles. The van der Waals surface area contributed by atoms with Crippen LogP contribution in [-0.4, -0.2) is 40.0 Å². The Morgan fingerprint density at radius 2 is 1.92 bits per heavy atom. The van der Waals surface area contributed by atoms with Crippen LogP contribution < -0.4 is 26.4 Å². The van der Waals surface area contributed by atoms with E-state index in [-0.39, 0.29) is 6.04 Å². The largest absolute Gasteiger partial charge is 0.378 e. The van der Waals surface area contributed by atoms with E-state index in [9.17, 15) is 0 Å². The molecule has 6 heteroatoms. The molecular formula is C33H42N6. The summed E-state index contributed by atoms with van der Waals surface area (Å²) in [6, 6.07) is 13.0. The number of nitrogens with zero attached hydrogens (tertiary/aromatic N) is 4. The second kappa shape index (κ2) is 13.3. The zero-order valence-corrected chi connectivity index (χ0v) is 23.8. The van der Waals surface area contributed by atoms with Gasteiger partial charge in [0.25, 0.3) is 0 Å². The Labute approximate surface area is 232 Å². The Morgan fingerprint density at radius 1 is 1.10 bits per heavy atom. The van der Waals surface area contributed by atoms with E-state index in [0.29, 0.717) is 5.92 Å². The number of nitrogens with two attached hydrogens (primary N) is 1. The molecule has 2 atom stereocenters. The third-order valence-electron chi connectivity index (χ3n) is 7.16. The molecule has 1 aliphatic rings. The van der Waals surface area contributed by atoms with Gasteiger partial charge in [-0.2, -0.15) is 0 Å². The molecule has 5 rings (SSSR count). The van der Waals surface area contributed by atoms with Gasteiger partial charge < -0.3 is 20.4 Å². The van der Waals surface area contributed by atoms with Crippen molar-refractivity contribution in [1.29, 1.82) is 0 Å². The van der Waals surface area contributed by atoms with Gasteiger partial charge in [0.05, 0.1) is 17.6 Å². The topological polar surface area (TPSA) is 71.5 Å². The molecule has 204 valence electrons. The second-order valence-electron chi connectivity index (χ2n) is 10.1. The zero-order chi connectivity index (χ0) is 27.8. The lowest BCUT2D eigenvalue weighted by Gasteiger charge is -2.37. The minimum absolute atomic E-state index is 0.210. The van der Waals surface area contributed by atoms with Crippen molar-refractivity contribution in [3.63, 3.8) is 0 Å². The Kier molecular flexibility index (Phi) is 9.55. The van der Waals surface area contributed by atoms with Gasteiger partial charge in [-0.05, 0) is 64.6 Å². The van der Waals surface area contributed by atoms with E-state index in [1.54, 1.807) is 0 Å². The van der Waals surface area contributed by atoms with Crippen LogP contribution in [0.5, 0.6) is 0 Å². The summed E-state index contributed by atoms with van der Waals surface area (Å²) in [7, 11) is 0. The maximum Gasteiger partial charge on any atom is 0.137 e. The first-order valence-electron chi connectivity index (χ1n) is 14.1. The van der Waals surface area contributed by atoms with Crippen LogP contribution in [0.2, 0.25) is 0 Å². The van der Waals surface area contributed by atoms with Gasteiger partial charge in [0.1, 0.15) is 5.65 Å². The molecule has 0 radical (unpaired) electrons. The summed E-state index contributed by atoms with van der Waals surface area (Å²) in [5.41, 5.74) is 13.1. The van der Waals surface area contributed by atoms with Crippen LogP contribution in [-0.2, 0) is 0 Å². The van der Waals surface area contributed by atoms with Crippen molar-refractivity contribution >= 4 is 29.7 Å². The predicted octanol–water partition coefficient (Wildman–Crippen LogP) is 5.24. The number of hydrogen-bond donors (Lipinski definition) is 2. The van der Waals surface area contributed by atoms with Gasteiger partial charge in [-0.3, -0.25) is 4.98 Å². The molecule has 6 nitrogen and oxygen atoms in total. The highest BCUT2D eigenvalue weighted by Gasteiger charge is 2.23. The molecule has 1 aromatic carbocycles. The van der Waals surface area contributed by atoms with Crippen LogP contribution in [0, 0.1) is 5.92 Å². The van der Waals surface area contributed by atoms with Crippen LogP contribution in [0.3, 0.4) is 0 Å². The van der Waals surface area contributed by atoms with Gasteiger partial charge in [-0.15, -0.1) is 0 Å². The van der Waals surface area contributed by atoms with Crippen molar-refractivity contribution in [3.8, 4) is 11.1 Å². The first kappa shape index (κ1) is 28.1. The van der Waals surface area contributed by atoms with Crippen molar-refractivity contribution in [1.82, 2.24) is 14.4 Å². The Bertz CT molecular complexity index is 1510. The summed E-state index contributed by atoms with van der Waals surface area (Å²) < 4.78 is 2.01. The standard InChI is InChI=1S/C31H36N6.C2H6/c1-4-24(18-35-29-19-33-11-9-30(29)37-20-22(2)15-28(32)21-37)5-6-25-7-8-26(16-23(25)3)27-10-13-36-14-12-34-31(36)17-27;1-2/h5-14,16-17,19,22,28,35H,3-4,15,18,20-21,32H2,1-2H3;1-2H3/b24-5+,25-6-;. The summed E-state index contributed by atoms with van der Waals surface area (Å²) >= 11 is 0. The van der Waals surface area contributed by atoms with E-state index in [2.05, 4.69) is 89.2 Å². The van der Waals surface area contributed by atoms with Crippen LogP contribution in [0.1, 0.15) is 40.5 Å². The summed E-state index contributed by atoms with van der Waals surface area (Å²) in [6.07, 6.45) is 16.0. The molecule has 0 spiro atoms. The molecule has 4 heterocycles. The fourth-order valence-corrected chi connectivity index (χ4v) is 5.15. The number of imidazole rings is 1. The van der Waals surface area contributed by atoms with Crippen molar-refractivity contribution in [3.05, 3.63) is 89.5 Å². The molecule has 1 aliphatic heterocycles. The monoisotopic (exact) mass is 522 g/mol. The average Bonchev–Trinajstić information content (AvgIpc) is 3.43. The van der Waals surface area contributed by atoms with E-state index in [1.807, 2.05) is 49.2 Å². The molecule has 3 aromatic heterocycles. The zero-order valence-electron chi connectivity index (χ0n) is 23.8. The Balaban J connectivity index is 0.00000172. The average molecular weight is 523 g/mol. The third kappa shape index (κ3) is 6.95. The highest BCUT2D eigenvalue weighted by molar-refractivity contribution is 5.70. The summed E-state index contributed by atoms with van der Waals surface area (Å²) in [5, 5.41) is 5.75. The number of aromatic nitrogens is 3. The van der Waals surface area contributed by atoms with Crippen LogP contribution in [0.4, 0.5) is 11.4 Å². The summed E-state index contributed by atoms with van der Waals surface area (Å²) in [4.78, 5) is 11.2. The van der Waals surface area contributed by atoms with Crippen molar-refractivity contribution < 1.29 is 0 Å². The van der Waals surface area contributed by atoms with Gasteiger partial charge in [-0.25, -0.2) is 4.98 Å². The molecule has 4 aromatic rings. The van der Waals surface area contributed by atoms with Crippen LogP contribution in [0.25, 0.3) is 29.4 Å². The molecule has 0 saturated carbocycles. The van der Waals surface area contributed by atoms with E-state index in [4.69, 9.17) is 5.73 Å². The number of piperidine rings is 1. The van der Waals surface area contributed by atoms with Crippen LogP contribution in [0.15, 0.2) is 79.0 Å². The maximum atomic E-state index is 6.31. The van der Waals surface area contributed by atoms with Crippen molar-refractivity contribution in [2.45, 2.75) is 46.6 Å². The minimum atomic E-state index is 0.210. The number of allylic oxidation sites excluding steroid dienone is 1. The summed E-state index contributed by atoms with van der Waals surface area (Å²) in [6.45, 7) is 15.4. The molecule has 0 aliphatic carbocycles. The first-order valence-corrected chi connectivity index (χ1v) is 14.1. The molecular weight excluding hydrogens is 480 g/mol. The lowest BCUT2D eigenvalue weighted by atomic mass is 9.96. The third-order valence-corrected chi connectivity index (χ3v) is 7.16. The molecule has 39 heavy (non-hydrogen) atoms.